The predicted molar refractivity (Wildman–Crippen MR) is 66.7 cm³/mol. The first-order chi connectivity index (χ1) is 7.65. The maximum Gasteiger partial charge on any atom is 0.0587 e. The highest BCUT2D eigenvalue weighted by Gasteiger charge is 2.13. The van der Waals surface area contributed by atoms with Gasteiger partial charge in [-0.05, 0) is 30.9 Å². The van der Waals surface area contributed by atoms with Crippen LogP contribution in [0.5, 0.6) is 0 Å². The van der Waals surface area contributed by atoms with E-state index in [1.54, 1.807) is 7.11 Å². The van der Waals surface area contributed by atoms with Gasteiger partial charge in [-0.15, -0.1) is 0 Å². The van der Waals surface area contributed by atoms with Crippen LogP contribution < -0.4 is 5.32 Å². The molecule has 0 saturated carbocycles. The van der Waals surface area contributed by atoms with Crippen LogP contribution in [0, 0.1) is 6.92 Å². The Balaban J connectivity index is 2.52. The number of hydrogen-bond acceptors (Lipinski definition) is 3. The van der Waals surface area contributed by atoms with Crippen molar-refractivity contribution in [2.75, 3.05) is 20.3 Å². The third kappa shape index (κ3) is 3.91. The van der Waals surface area contributed by atoms with Crippen LogP contribution in [0.25, 0.3) is 0 Å². The summed E-state index contributed by atoms with van der Waals surface area (Å²) in [5, 5.41) is 3.45. The third-order valence-corrected chi connectivity index (χ3v) is 2.94. The number of aromatic nitrogens is 1. The zero-order valence-electron chi connectivity index (χ0n) is 10.7. The maximum atomic E-state index is 5.02. The van der Waals surface area contributed by atoms with Gasteiger partial charge in [0.2, 0.25) is 0 Å². The van der Waals surface area contributed by atoms with Gasteiger partial charge >= 0.3 is 0 Å². The molecule has 2 atom stereocenters. The fraction of sp³-hybridized carbons (Fsp3) is 0.615. The van der Waals surface area contributed by atoms with Gasteiger partial charge in [0.25, 0.3) is 0 Å². The lowest BCUT2D eigenvalue weighted by molar-refractivity contribution is 0.195. The quantitative estimate of drug-likeness (QED) is 0.749. The van der Waals surface area contributed by atoms with E-state index in [0.717, 1.165) is 13.2 Å². The Morgan fingerprint density at radius 1 is 1.38 bits per heavy atom. The number of nitrogens with one attached hydrogen (secondary N) is 1. The largest absolute Gasteiger partial charge is 0.383 e. The maximum absolute atomic E-state index is 5.02. The minimum Gasteiger partial charge on any atom is -0.383 e. The van der Waals surface area contributed by atoms with E-state index in [0.29, 0.717) is 12.0 Å². The van der Waals surface area contributed by atoms with Crippen LogP contribution in [0.15, 0.2) is 18.5 Å². The van der Waals surface area contributed by atoms with Gasteiger partial charge in [0, 0.05) is 32.1 Å². The average Bonchev–Trinajstić information content (AvgIpc) is 2.28. The van der Waals surface area contributed by atoms with E-state index >= 15 is 0 Å². The van der Waals surface area contributed by atoms with Crippen molar-refractivity contribution in [2.24, 2.45) is 0 Å². The Labute approximate surface area is 98.2 Å². The van der Waals surface area contributed by atoms with Crippen LogP contribution in [0.3, 0.4) is 0 Å². The van der Waals surface area contributed by atoms with E-state index in [-0.39, 0.29) is 0 Å². The third-order valence-electron chi connectivity index (χ3n) is 2.94. The van der Waals surface area contributed by atoms with E-state index in [4.69, 9.17) is 4.74 Å². The first-order valence-electron chi connectivity index (χ1n) is 5.79. The Morgan fingerprint density at radius 3 is 2.75 bits per heavy atom. The summed E-state index contributed by atoms with van der Waals surface area (Å²) >= 11 is 0. The predicted octanol–water partition coefficient (Wildman–Crippen LogP) is 2.12. The summed E-state index contributed by atoms with van der Waals surface area (Å²) in [5.41, 5.74) is 2.51. The topological polar surface area (TPSA) is 34.1 Å². The number of ether oxygens (including phenoxy) is 1. The zero-order valence-corrected chi connectivity index (χ0v) is 10.7. The molecule has 90 valence electrons. The molecule has 1 N–H and O–H groups in total. The van der Waals surface area contributed by atoms with Crippen molar-refractivity contribution in [3.8, 4) is 0 Å². The van der Waals surface area contributed by atoms with Gasteiger partial charge in [-0.3, -0.25) is 4.98 Å². The molecule has 0 bridgehead atoms. The summed E-state index contributed by atoms with van der Waals surface area (Å²) in [4.78, 5) is 4.23. The highest BCUT2D eigenvalue weighted by Crippen LogP contribution is 2.18. The molecule has 0 aliphatic heterocycles. The zero-order chi connectivity index (χ0) is 12.0. The van der Waals surface area contributed by atoms with Crippen molar-refractivity contribution in [3.63, 3.8) is 0 Å². The molecule has 3 heteroatoms. The van der Waals surface area contributed by atoms with Gasteiger partial charge in [0.15, 0.2) is 0 Å². The number of pyridine rings is 1. The van der Waals surface area contributed by atoms with Crippen molar-refractivity contribution in [1.82, 2.24) is 10.3 Å². The molecule has 1 heterocycles. The molecule has 0 saturated heterocycles. The second-order valence-corrected chi connectivity index (χ2v) is 4.32. The Hall–Kier alpha value is -0.930. The van der Waals surface area contributed by atoms with Crippen LogP contribution in [-0.2, 0) is 4.74 Å². The van der Waals surface area contributed by atoms with Gasteiger partial charge < -0.3 is 10.1 Å². The van der Waals surface area contributed by atoms with E-state index in [9.17, 15) is 0 Å². The molecule has 2 unspecified atom stereocenters. The van der Waals surface area contributed by atoms with Crippen molar-refractivity contribution >= 4 is 0 Å². The highest BCUT2D eigenvalue weighted by molar-refractivity contribution is 5.21. The molecule has 16 heavy (non-hydrogen) atoms. The van der Waals surface area contributed by atoms with E-state index in [1.165, 1.54) is 11.1 Å². The fourth-order valence-electron chi connectivity index (χ4n) is 1.68. The standard InChI is InChI=1S/C13H22N2O/c1-10-7-13(9-14-8-10)11(2)12(3)15-5-6-16-4/h7-9,11-12,15H,5-6H2,1-4H3. The fourth-order valence-corrected chi connectivity index (χ4v) is 1.68. The lowest BCUT2D eigenvalue weighted by atomic mass is 9.95. The summed E-state index contributed by atoms with van der Waals surface area (Å²) in [6.45, 7) is 8.14. The molecule has 0 aliphatic carbocycles. The van der Waals surface area contributed by atoms with Gasteiger partial charge in [-0.25, -0.2) is 0 Å². The lowest BCUT2D eigenvalue weighted by Crippen LogP contribution is -2.33. The number of nitrogens with zero attached hydrogens (tertiary/aromatic N) is 1. The molecule has 0 aliphatic rings. The van der Waals surface area contributed by atoms with E-state index in [1.807, 2.05) is 12.4 Å². The summed E-state index contributed by atoms with van der Waals surface area (Å²) in [6.07, 6.45) is 3.84. The normalized spacial score (nSPS) is 14.8. The first-order valence-corrected chi connectivity index (χ1v) is 5.79. The summed E-state index contributed by atoms with van der Waals surface area (Å²) in [6, 6.07) is 2.63. The van der Waals surface area contributed by atoms with Gasteiger partial charge in [-0.2, -0.15) is 0 Å². The number of hydrogen-bond donors (Lipinski definition) is 1. The Bertz CT molecular complexity index is 315. The van der Waals surface area contributed by atoms with Gasteiger partial charge in [0.05, 0.1) is 6.61 Å². The second-order valence-electron chi connectivity index (χ2n) is 4.32. The van der Waals surface area contributed by atoms with Crippen LogP contribution >= 0.6 is 0 Å². The van der Waals surface area contributed by atoms with Crippen LogP contribution in [-0.4, -0.2) is 31.3 Å². The molecule has 3 nitrogen and oxygen atoms in total. The first kappa shape index (κ1) is 13.1. The number of methoxy groups -OCH3 is 1. The Morgan fingerprint density at radius 2 is 2.12 bits per heavy atom. The molecule has 0 amide bonds. The molecule has 0 aromatic carbocycles. The summed E-state index contributed by atoms with van der Waals surface area (Å²) < 4.78 is 5.02. The molecule has 0 fully saturated rings. The van der Waals surface area contributed by atoms with Gasteiger partial charge in [-0.1, -0.05) is 13.0 Å². The number of aryl methyl sites for hydroxylation is 1. The highest BCUT2D eigenvalue weighted by atomic mass is 16.5. The van der Waals surface area contributed by atoms with Crippen molar-refractivity contribution in [2.45, 2.75) is 32.7 Å². The van der Waals surface area contributed by atoms with Crippen molar-refractivity contribution in [1.29, 1.82) is 0 Å². The molecule has 1 rings (SSSR count). The molecule has 1 aromatic rings. The molecular weight excluding hydrogens is 200 g/mol. The van der Waals surface area contributed by atoms with Gasteiger partial charge in [0.1, 0.15) is 0 Å². The average molecular weight is 222 g/mol. The smallest absolute Gasteiger partial charge is 0.0587 e. The summed E-state index contributed by atoms with van der Waals surface area (Å²) in [7, 11) is 1.72. The minimum atomic E-state index is 0.429. The Kier molecular flexibility index (Phi) is 5.43. The van der Waals surface area contributed by atoms with Crippen molar-refractivity contribution < 1.29 is 4.74 Å². The molecule has 0 spiro atoms. The molecular formula is C13H22N2O. The van der Waals surface area contributed by atoms with Crippen molar-refractivity contribution in [3.05, 3.63) is 29.6 Å². The molecule has 1 aromatic heterocycles. The monoisotopic (exact) mass is 222 g/mol. The SMILES string of the molecule is COCCNC(C)C(C)c1cncc(C)c1. The number of rotatable bonds is 6. The van der Waals surface area contributed by atoms with Crippen LogP contribution in [0.1, 0.15) is 30.9 Å². The van der Waals surface area contributed by atoms with Crippen LogP contribution in [0.4, 0.5) is 0 Å². The van der Waals surface area contributed by atoms with Crippen LogP contribution in [0.2, 0.25) is 0 Å². The van der Waals surface area contributed by atoms with E-state index < -0.39 is 0 Å². The van der Waals surface area contributed by atoms with E-state index in [2.05, 4.69) is 37.1 Å². The molecule has 0 radical (unpaired) electrons. The second kappa shape index (κ2) is 6.61. The minimum absolute atomic E-state index is 0.429. The summed E-state index contributed by atoms with van der Waals surface area (Å²) in [5.74, 6) is 0.462. The lowest BCUT2D eigenvalue weighted by Gasteiger charge is -2.21.